The van der Waals surface area contributed by atoms with Crippen LogP contribution in [0.2, 0.25) is 0 Å². The van der Waals surface area contributed by atoms with Gasteiger partial charge in [-0.1, -0.05) is 13.8 Å². The van der Waals surface area contributed by atoms with Crippen LogP contribution in [0.5, 0.6) is 0 Å². The number of aliphatic carboxylic acids is 1. The molecule has 1 heterocycles. The molecular formula is C12H24N2O4S. The lowest BCUT2D eigenvalue weighted by molar-refractivity contribution is -0.137. The molecule has 1 unspecified atom stereocenters. The van der Waals surface area contributed by atoms with Crippen molar-refractivity contribution in [2.75, 3.05) is 19.6 Å². The molecule has 0 aromatic heterocycles. The quantitative estimate of drug-likeness (QED) is 0.734. The molecule has 1 atom stereocenters. The molecule has 0 saturated carbocycles. The molecule has 1 aliphatic rings. The Morgan fingerprint density at radius 1 is 1.47 bits per heavy atom. The maximum absolute atomic E-state index is 12.1. The van der Waals surface area contributed by atoms with Gasteiger partial charge in [0.15, 0.2) is 0 Å². The fraction of sp³-hybridized carbons (Fsp3) is 0.917. The smallest absolute Gasteiger partial charge is 0.303 e. The van der Waals surface area contributed by atoms with Crippen molar-refractivity contribution >= 4 is 16.2 Å². The van der Waals surface area contributed by atoms with Gasteiger partial charge in [-0.25, -0.2) is 4.72 Å². The summed E-state index contributed by atoms with van der Waals surface area (Å²) in [5, 5.41) is 8.67. The molecule has 1 saturated heterocycles. The SMILES string of the molecule is CC(C)CNS(=O)(=O)N1CCCC(CCC(=O)O)C1. The molecule has 0 aromatic carbocycles. The summed E-state index contributed by atoms with van der Waals surface area (Å²) in [6, 6.07) is 0. The van der Waals surface area contributed by atoms with Crippen LogP contribution in [0.4, 0.5) is 0 Å². The van der Waals surface area contributed by atoms with Crippen molar-refractivity contribution in [1.82, 2.24) is 9.03 Å². The minimum Gasteiger partial charge on any atom is -0.481 e. The van der Waals surface area contributed by atoms with Crippen LogP contribution in [0.1, 0.15) is 39.5 Å². The Hall–Kier alpha value is -0.660. The zero-order chi connectivity index (χ0) is 14.5. The van der Waals surface area contributed by atoms with Gasteiger partial charge < -0.3 is 5.11 Å². The summed E-state index contributed by atoms with van der Waals surface area (Å²) in [6.07, 6.45) is 2.36. The van der Waals surface area contributed by atoms with Gasteiger partial charge in [0.2, 0.25) is 0 Å². The third kappa shape index (κ3) is 5.88. The lowest BCUT2D eigenvalue weighted by atomic mass is 9.95. The second-order valence-electron chi connectivity index (χ2n) is 5.55. The number of hydrogen-bond acceptors (Lipinski definition) is 3. The molecule has 1 fully saturated rings. The zero-order valence-corrected chi connectivity index (χ0v) is 12.4. The molecule has 2 N–H and O–H groups in total. The maximum atomic E-state index is 12.1. The van der Waals surface area contributed by atoms with Crippen molar-refractivity contribution in [3.05, 3.63) is 0 Å². The Morgan fingerprint density at radius 3 is 2.74 bits per heavy atom. The van der Waals surface area contributed by atoms with Crippen molar-refractivity contribution in [3.63, 3.8) is 0 Å². The van der Waals surface area contributed by atoms with Crippen LogP contribution in [-0.2, 0) is 15.0 Å². The van der Waals surface area contributed by atoms with Crippen molar-refractivity contribution in [1.29, 1.82) is 0 Å². The molecule has 1 rings (SSSR count). The van der Waals surface area contributed by atoms with E-state index in [2.05, 4.69) is 4.72 Å². The number of hydrogen-bond donors (Lipinski definition) is 2. The highest BCUT2D eigenvalue weighted by Gasteiger charge is 2.28. The molecule has 0 amide bonds. The van der Waals surface area contributed by atoms with Gasteiger partial charge in [0.25, 0.3) is 10.2 Å². The van der Waals surface area contributed by atoms with Gasteiger partial charge in [-0.3, -0.25) is 4.79 Å². The average Bonchev–Trinajstić information content (AvgIpc) is 2.34. The topological polar surface area (TPSA) is 86.7 Å². The maximum Gasteiger partial charge on any atom is 0.303 e. The Morgan fingerprint density at radius 2 is 2.16 bits per heavy atom. The Labute approximate surface area is 115 Å². The first-order chi connectivity index (χ1) is 8.81. The van der Waals surface area contributed by atoms with Gasteiger partial charge in [-0.15, -0.1) is 0 Å². The fourth-order valence-corrected chi connectivity index (χ4v) is 3.67. The summed E-state index contributed by atoms with van der Waals surface area (Å²) in [4.78, 5) is 10.6. The predicted octanol–water partition coefficient (Wildman–Crippen LogP) is 1.05. The van der Waals surface area contributed by atoms with E-state index in [-0.39, 0.29) is 18.3 Å². The second kappa shape index (κ2) is 7.21. The highest BCUT2D eigenvalue weighted by Crippen LogP contribution is 2.22. The van der Waals surface area contributed by atoms with Crippen LogP contribution < -0.4 is 4.72 Å². The zero-order valence-electron chi connectivity index (χ0n) is 11.6. The van der Waals surface area contributed by atoms with Crippen molar-refractivity contribution < 1.29 is 18.3 Å². The van der Waals surface area contributed by atoms with E-state index in [4.69, 9.17) is 5.11 Å². The van der Waals surface area contributed by atoms with Crippen molar-refractivity contribution in [2.24, 2.45) is 11.8 Å². The van der Waals surface area contributed by atoms with Gasteiger partial charge in [-0.2, -0.15) is 12.7 Å². The molecule has 0 radical (unpaired) electrons. The molecule has 19 heavy (non-hydrogen) atoms. The number of carboxylic acids is 1. The number of rotatable bonds is 7. The van der Waals surface area contributed by atoms with Gasteiger partial charge in [0, 0.05) is 26.1 Å². The molecule has 0 bridgehead atoms. The van der Waals surface area contributed by atoms with E-state index in [1.807, 2.05) is 13.8 Å². The minimum atomic E-state index is -3.41. The van der Waals surface area contributed by atoms with E-state index in [9.17, 15) is 13.2 Å². The van der Waals surface area contributed by atoms with E-state index in [0.29, 0.717) is 26.1 Å². The standard InChI is InChI=1S/C12H24N2O4S/c1-10(2)8-13-19(17,18)14-7-3-4-11(9-14)5-6-12(15)16/h10-11,13H,3-9H2,1-2H3,(H,15,16). The first-order valence-corrected chi connectivity index (χ1v) is 8.22. The number of nitrogens with zero attached hydrogens (tertiary/aromatic N) is 1. The van der Waals surface area contributed by atoms with E-state index in [1.165, 1.54) is 4.31 Å². The summed E-state index contributed by atoms with van der Waals surface area (Å²) in [7, 11) is -3.41. The van der Waals surface area contributed by atoms with E-state index in [0.717, 1.165) is 12.8 Å². The molecule has 6 nitrogen and oxygen atoms in total. The lowest BCUT2D eigenvalue weighted by Crippen LogP contribution is -2.46. The van der Waals surface area contributed by atoms with Crippen LogP contribution >= 0.6 is 0 Å². The predicted molar refractivity (Wildman–Crippen MR) is 72.9 cm³/mol. The molecule has 1 aliphatic heterocycles. The summed E-state index contributed by atoms with van der Waals surface area (Å²) < 4.78 is 28.2. The third-order valence-electron chi connectivity index (χ3n) is 3.26. The monoisotopic (exact) mass is 292 g/mol. The fourth-order valence-electron chi connectivity index (χ4n) is 2.17. The number of carboxylic acid groups (broad SMARTS) is 1. The molecule has 112 valence electrons. The summed E-state index contributed by atoms with van der Waals surface area (Å²) >= 11 is 0. The summed E-state index contributed by atoms with van der Waals surface area (Å²) in [5.41, 5.74) is 0. The molecule has 0 aliphatic carbocycles. The number of carbonyl (C=O) groups is 1. The second-order valence-corrected chi connectivity index (χ2v) is 7.30. The van der Waals surface area contributed by atoms with Gasteiger partial charge in [0.1, 0.15) is 0 Å². The Bertz CT molecular complexity index is 395. The van der Waals surface area contributed by atoms with E-state index in [1.54, 1.807) is 0 Å². The van der Waals surface area contributed by atoms with Crippen molar-refractivity contribution in [3.8, 4) is 0 Å². The number of piperidine rings is 1. The Kier molecular flexibility index (Phi) is 6.22. The first-order valence-electron chi connectivity index (χ1n) is 6.78. The van der Waals surface area contributed by atoms with Crippen LogP contribution in [-0.4, -0.2) is 43.4 Å². The van der Waals surface area contributed by atoms with E-state index >= 15 is 0 Å². The molecule has 0 aromatic rings. The van der Waals surface area contributed by atoms with Crippen LogP contribution in [0, 0.1) is 11.8 Å². The first kappa shape index (κ1) is 16.4. The lowest BCUT2D eigenvalue weighted by Gasteiger charge is -2.31. The summed E-state index contributed by atoms with van der Waals surface area (Å²) in [6.45, 7) is 5.29. The average molecular weight is 292 g/mol. The molecule has 7 heteroatoms. The van der Waals surface area contributed by atoms with E-state index < -0.39 is 16.2 Å². The molecule has 0 spiro atoms. The number of nitrogens with one attached hydrogen (secondary N) is 1. The largest absolute Gasteiger partial charge is 0.481 e. The minimum absolute atomic E-state index is 0.109. The summed E-state index contributed by atoms with van der Waals surface area (Å²) in [5.74, 6) is -0.402. The highest BCUT2D eigenvalue weighted by molar-refractivity contribution is 7.87. The van der Waals surface area contributed by atoms with Crippen LogP contribution in [0.15, 0.2) is 0 Å². The molecular weight excluding hydrogens is 268 g/mol. The Balaban J connectivity index is 2.51. The van der Waals surface area contributed by atoms with Crippen LogP contribution in [0.25, 0.3) is 0 Å². The highest BCUT2D eigenvalue weighted by atomic mass is 32.2. The third-order valence-corrected chi connectivity index (χ3v) is 4.81. The van der Waals surface area contributed by atoms with Gasteiger partial charge >= 0.3 is 5.97 Å². The van der Waals surface area contributed by atoms with Crippen LogP contribution in [0.3, 0.4) is 0 Å². The van der Waals surface area contributed by atoms with Gasteiger partial charge in [-0.05, 0) is 31.1 Å². The normalized spacial score (nSPS) is 21.7. The van der Waals surface area contributed by atoms with Crippen molar-refractivity contribution in [2.45, 2.75) is 39.5 Å². The van der Waals surface area contributed by atoms with Gasteiger partial charge in [0.05, 0.1) is 0 Å².